The van der Waals surface area contributed by atoms with E-state index in [1.165, 1.54) is 11.1 Å². The Bertz CT molecular complexity index is 588. The molecule has 25 heavy (non-hydrogen) atoms. The maximum Gasteiger partial charge on any atom is 0.192 e. The summed E-state index contributed by atoms with van der Waals surface area (Å²) in [4.78, 5) is 0. The first-order valence-electron chi connectivity index (χ1n) is 10.0. The second-order valence-electron chi connectivity index (χ2n) is 10.7. The molecule has 1 aliphatic carbocycles. The summed E-state index contributed by atoms with van der Waals surface area (Å²) in [6.45, 7) is 20.4. The summed E-state index contributed by atoms with van der Waals surface area (Å²) >= 11 is 0. The van der Waals surface area contributed by atoms with Crippen LogP contribution in [0.1, 0.15) is 67.7 Å². The second-order valence-corrected chi connectivity index (χ2v) is 15.5. The van der Waals surface area contributed by atoms with Gasteiger partial charge in [-0.3, -0.25) is 0 Å². The number of ether oxygens (including phenoxy) is 1. The van der Waals surface area contributed by atoms with E-state index in [4.69, 9.17) is 9.16 Å². The number of allylic oxidation sites excluding steroid dienone is 1. The van der Waals surface area contributed by atoms with Crippen molar-refractivity contribution in [1.82, 2.24) is 0 Å². The van der Waals surface area contributed by atoms with Gasteiger partial charge in [-0.05, 0) is 56.3 Å². The topological polar surface area (TPSA) is 38.7 Å². The third-order valence-corrected chi connectivity index (χ3v) is 12.4. The van der Waals surface area contributed by atoms with Gasteiger partial charge < -0.3 is 14.3 Å². The Morgan fingerprint density at radius 1 is 1.28 bits per heavy atom. The smallest absolute Gasteiger partial charge is 0.192 e. The van der Waals surface area contributed by atoms with Crippen LogP contribution < -0.4 is 0 Å². The minimum atomic E-state index is -1.91. The molecule has 0 radical (unpaired) electrons. The number of aliphatic hydroxyl groups is 1. The molecule has 144 valence electrons. The molecular weight excluding hydrogens is 328 g/mol. The highest BCUT2D eigenvalue weighted by molar-refractivity contribution is 6.74. The monoisotopic (exact) mass is 366 g/mol. The van der Waals surface area contributed by atoms with Crippen LogP contribution in [-0.4, -0.2) is 36.8 Å². The molecule has 0 spiro atoms. The molecule has 5 atom stereocenters. The number of rotatable bonds is 3. The number of hydrogen-bond donors (Lipinski definition) is 1. The van der Waals surface area contributed by atoms with Gasteiger partial charge in [0.25, 0.3) is 0 Å². The predicted octanol–water partition coefficient (Wildman–Crippen LogP) is 5.05. The molecule has 2 saturated heterocycles. The van der Waals surface area contributed by atoms with Gasteiger partial charge in [0, 0.05) is 12.3 Å². The molecule has 0 unspecified atom stereocenters. The van der Waals surface area contributed by atoms with Crippen LogP contribution in [0.15, 0.2) is 11.1 Å². The van der Waals surface area contributed by atoms with E-state index in [9.17, 15) is 5.11 Å². The van der Waals surface area contributed by atoms with Crippen molar-refractivity contribution in [3.63, 3.8) is 0 Å². The fraction of sp³-hybridized carbons (Fsp3) is 0.905. The lowest BCUT2D eigenvalue weighted by molar-refractivity contribution is -0.210. The number of aliphatic hydroxyl groups excluding tert-OH is 1. The van der Waals surface area contributed by atoms with Crippen molar-refractivity contribution in [3.05, 3.63) is 11.1 Å². The van der Waals surface area contributed by atoms with Crippen molar-refractivity contribution >= 4 is 8.32 Å². The quantitative estimate of drug-likeness (QED) is 0.561. The predicted molar refractivity (Wildman–Crippen MR) is 105 cm³/mol. The van der Waals surface area contributed by atoms with E-state index in [1.54, 1.807) is 0 Å². The van der Waals surface area contributed by atoms with E-state index in [-0.39, 0.29) is 22.7 Å². The minimum Gasteiger partial charge on any atom is -0.411 e. The first kappa shape index (κ1) is 19.6. The molecule has 2 heterocycles. The molecule has 0 aromatic rings. The Morgan fingerprint density at radius 2 is 1.88 bits per heavy atom. The van der Waals surface area contributed by atoms with E-state index in [1.807, 2.05) is 0 Å². The van der Waals surface area contributed by atoms with Crippen LogP contribution in [0.3, 0.4) is 0 Å². The Balaban J connectivity index is 2.04. The molecule has 0 saturated carbocycles. The van der Waals surface area contributed by atoms with Gasteiger partial charge in [0.2, 0.25) is 0 Å². The fourth-order valence-corrected chi connectivity index (χ4v) is 6.46. The number of hydrogen-bond acceptors (Lipinski definition) is 3. The SMILES string of the molecule is CC1=C2[C@@H](CC1)[C@]1(C)O[C@@](C(C)C)(C[C@H]1O[Si](C)(C)C(C)(C)C)[C@H]2O. The van der Waals surface area contributed by atoms with Crippen molar-refractivity contribution < 1.29 is 14.3 Å². The van der Waals surface area contributed by atoms with E-state index >= 15 is 0 Å². The largest absolute Gasteiger partial charge is 0.411 e. The highest BCUT2D eigenvalue weighted by Gasteiger charge is 2.68. The highest BCUT2D eigenvalue weighted by atomic mass is 28.4. The normalized spacial score (nSPS) is 41.6. The molecule has 0 aromatic carbocycles. The third-order valence-electron chi connectivity index (χ3n) is 7.90. The average molecular weight is 367 g/mol. The highest BCUT2D eigenvalue weighted by Crippen LogP contribution is 2.61. The summed E-state index contributed by atoms with van der Waals surface area (Å²) in [7, 11) is -1.91. The van der Waals surface area contributed by atoms with Crippen molar-refractivity contribution in [3.8, 4) is 0 Å². The summed E-state index contributed by atoms with van der Waals surface area (Å²) in [5.41, 5.74) is 1.83. The van der Waals surface area contributed by atoms with Crippen LogP contribution in [0, 0.1) is 11.8 Å². The molecule has 2 fully saturated rings. The van der Waals surface area contributed by atoms with Crippen LogP contribution in [0.5, 0.6) is 0 Å². The molecule has 2 aliphatic heterocycles. The zero-order chi connectivity index (χ0) is 19.0. The van der Waals surface area contributed by atoms with Gasteiger partial charge in [0.1, 0.15) is 11.7 Å². The Morgan fingerprint density at radius 3 is 2.40 bits per heavy atom. The summed E-state index contributed by atoms with van der Waals surface area (Å²) in [5, 5.41) is 11.5. The average Bonchev–Trinajstić information content (AvgIpc) is 2.95. The molecule has 2 bridgehead atoms. The Hall–Kier alpha value is -0.163. The van der Waals surface area contributed by atoms with E-state index in [0.717, 1.165) is 19.3 Å². The molecule has 1 N–H and O–H groups in total. The second kappa shape index (κ2) is 5.67. The lowest BCUT2D eigenvalue weighted by Crippen LogP contribution is -2.58. The van der Waals surface area contributed by atoms with Crippen LogP contribution in [0.2, 0.25) is 18.1 Å². The van der Waals surface area contributed by atoms with Crippen molar-refractivity contribution in [2.45, 2.75) is 109 Å². The molecule has 0 amide bonds. The summed E-state index contributed by atoms with van der Waals surface area (Å²) in [5.74, 6) is 0.559. The van der Waals surface area contributed by atoms with Gasteiger partial charge in [0.05, 0.1) is 11.7 Å². The minimum absolute atomic E-state index is 0.0684. The van der Waals surface area contributed by atoms with Crippen LogP contribution in [0.4, 0.5) is 0 Å². The first-order valence-corrected chi connectivity index (χ1v) is 12.9. The van der Waals surface area contributed by atoms with Crippen molar-refractivity contribution in [2.24, 2.45) is 11.8 Å². The molecule has 3 nitrogen and oxygen atoms in total. The zero-order valence-electron chi connectivity index (χ0n) is 17.7. The van der Waals surface area contributed by atoms with Crippen LogP contribution in [0.25, 0.3) is 0 Å². The molecular formula is C21H38O3Si. The summed E-state index contributed by atoms with van der Waals surface area (Å²) in [6, 6.07) is 0. The van der Waals surface area contributed by atoms with Crippen molar-refractivity contribution in [2.75, 3.05) is 0 Å². The van der Waals surface area contributed by atoms with Gasteiger partial charge >= 0.3 is 0 Å². The zero-order valence-corrected chi connectivity index (χ0v) is 18.7. The fourth-order valence-electron chi connectivity index (χ4n) is 5.07. The Kier molecular flexibility index (Phi) is 4.44. The van der Waals surface area contributed by atoms with Crippen LogP contribution in [-0.2, 0) is 9.16 Å². The molecule has 4 heteroatoms. The third kappa shape index (κ3) is 2.62. The van der Waals surface area contributed by atoms with Gasteiger partial charge in [0.15, 0.2) is 8.32 Å². The standard InChI is InChI=1S/C21H38O3Si/c1-13(2)21-12-16(23-25(8,9)19(4,5)6)20(7,24-21)15-11-10-14(3)17(15)18(21)22/h13,15-16,18,22H,10-12H2,1-9H3/t15-,16-,18+,20+,21-/m1/s1. The van der Waals surface area contributed by atoms with E-state index < -0.39 is 20.0 Å². The van der Waals surface area contributed by atoms with Gasteiger partial charge in [-0.1, -0.05) is 40.2 Å². The molecule has 3 aliphatic rings. The Labute approximate surface area is 155 Å². The summed E-state index contributed by atoms with van der Waals surface area (Å²) in [6.07, 6.45) is 2.55. The molecule has 3 rings (SSSR count). The summed E-state index contributed by atoms with van der Waals surface area (Å²) < 4.78 is 13.7. The maximum atomic E-state index is 11.3. The van der Waals surface area contributed by atoms with E-state index in [0.29, 0.717) is 5.92 Å². The maximum absolute atomic E-state index is 11.3. The van der Waals surface area contributed by atoms with Gasteiger partial charge in [-0.25, -0.2) is 0 Å². The molecule has 0 aromatic heterocycles. The lowest BCUT2D eigenvalue weighted by atomic mass is 9.74. The van der Waals surface area contributed by atoms with Gasteiger partial charge in [-0.15, -0.1) is 0 Å². The van der Waals surface area contributed by atoms with Crippen molar-refractivity contribution in [1.29, 1.82) is 0 Å². The van der Waals surface area contributed by atoms with Crippen LogP contribution >= 0.6 is 0 Å². The number of fused-ring (bicyclic) bond motifs is 4. The lowest BCUT2D eigenvalue weighted by Gasteiger charge is -2.50. The van der Waals surface area contributed by atoms with Gasteiger partial charge in [-0.2, -0.15) is 0 Å². The van der Waals surface area contributed by atoms with E-state index in [2.05, 4.69) is 61.6 Å². The first-order chi connectivity index (χ1) is 11.3.